The highest BCUT2D eigenvalue weighted by Crippen LogP contribution is 2.11. The first kappa shape index (κ1) is 13.4. The quantitative estimate of drug-likeness (QED) is 0.715. The van der Waals surface area contributed by atoms with Crippen molar-refractivity contribution >= 4 is 11.8 Å². The van der Waals surface area contributed by atoms with Gasteiger partial charge in [-0.2, -0.15) is 0 Å². The molecule has 1 aromatic rings. The first-order valence-corrected chi connectivity index (χ1v) is 5.46. The van der Waals surface area contributed by atoms with Crippen molar-refractivity contribution in [3.63, 3.8) is 0 Å². The number of nitrogens with zero attached hydrogens (tertiary/aromatic N) is 3. The van der Waals surface area contributed by atoms with E-state index >= 15 is 0 Å². The monoisotopic (exact) mass is 238 g/mol. The van der Waals surface area contributed by atoms with Gasteiger partial charge in [0.2, 0.25) is 0 Å². The van der Waals surface area contributed by atoms with Crippen molar-refractivity contribution in [3.05, 3.63) is 17.6 Å². The molecule has 1 heterocycles. The fourth-order valence-electron chi connectivity index (χ4n) is 1.36. The number of hydrogen-bond acceptors (Lipinski definition) is 5. The SMILES string of the molecule is Cc1ncc(C(=O)O)c(NCCCN(C)C)n1. The molecule has 0 aliphatic heterocycles. The number of nitrogens with one attached hydrogen (secondary N) is 1. The predicted molar refractivity (Wildman–Crippen MR) is 65.4 cm³/mol. The van der Waals surface area contributed by atoms with Crippen LogP contribution in [0.4, 0.5) is 5.82 Å². The van der Waals surface area contributed by atoms with Crippen LogP contribution in [0, 0.1) is 6.92 Å². The molecular weight excluding hydrogens is 220 g/mol. The Labute approximate surface area is 101 Å². The Bertz CT molecular complexity index is 393. The summed E-state index contributed by atoms with van der Waals surface area (Å²) in [7, 11) is 4.00. The molecule has 94 valence electrons. The summed E-state index contributed by atoms with van der Waals surface area (Å²) in [5.41, 5.74) is 0.112. The van der Waals surface area contributed by atoms with Crippen LogP contribution in [0.15, 0.2) is 6.20 Å². The topological polar surface area (TPSA) is 78.3 Å². The zero-order valence-electron chi connectivity index (χ0n) is 10.4. The molecule has 0 radical (unpaired) electrons. The van der Waals surface area contributed by atoms with Crippen LogP contribution >= 0.6 is 0 Å². The zero-order valence-corrected chi connectivity index (χ0v) is 10.4. The summed E-state index contributed by atoms with van der Waals surface area (Å²) in [6.07, 6.45) is 2.26. The van der Waals surface area contributed by atoms with Crippen LogP contribution in [0.5, 0.6) is 0 Å². The fourth-order valence-corrected chi connectivity index (χ4v) is 1.36. The van der Waals surface area contributed by atoms with Gasteiger partial charge in [0, 0.05) is 12.7 Å². The van der Waals surface area contributed by atoms with Gasteiger partial charge >= 0.3 is 5.97 Å². The largest absolute Gasteiger partial charge is 0.477 e. The van der Waals surface area contributed by atoms with E-state index in [1.165, 1.54) is 6.20 Å². The van der Waals surface area contributed by atoms with E-state index < -0.39 is 5.97 Å². The second-order valence-electron chi connectivity index (χ2n) is 4.07. The lowest BCUT2D eigenvalue weighted by molar-refractivity contribution is 0.0697. The molecule has 6 heteroatoms. The third kappa shape index (κ3) is 4.36. The summed E-state index contributed by atoms with van der Waals surface area (Å²) in [6.45, 7) is 3.37. The minimum absolute atomic E-state index is 0.112. The fraction of sp³-hybridized carbons (Fsp3) is 0.545. The van der Waals surface area contributed by atoms with Gasteiger partial charge in [-0.05, 0) is 34.0 Å². The maximum absolute atomic E-state index is 10.9. The Hall–Kier alpha value is -1.69. The molecule has 0 saturated carbocycles. The Morgan fingerprint density at radius 3 is 2.82 bits per heavy atom. The van der Waals surface area contributed by atoms with E-state index in [1.54, 1.807) is 6.92 Å². The van der Waals surface area contributed by atoms with Crippen molar-refractivity contribution in [1.82, 2.24) is 14.9 Å². The van der Waals surface area contributed by atoms with Gasteiger partial charge in [-0.1, -0.05) is 0 Å². The molecule has 0 fully saturated rings. The van der Waals surface area contributed by atoms with Crippen LogP contribution < -0.4 is 5.32 Å². The van der Waals surface area contributed by atoms with Gasteiger partial charge in [0.05, 0.1) is 0 Å². The second-order valence-corrected chi connectivity index (χ2v) is 4.07. The lowest BCUT2D eigenvalue weighted by atomic mass is 10.3. The van der Waals surface area contributed by atoms with Crippen LogP contribution in [0.3, 0.4) is 0 Å². The average molecular weight is 238 g/mol. The van der Waals surface area contributed by atoms with E-state index in [2.05, 4.69) is 20.2 Å². The number of aryl methyl sites for hydroxylation is 1. The van der Waals surface area contributed by atoms with E-state index in [4.69, 9.17) is 5.11 Å². The lowest BCUT2D eigenvalue weighted by Gasteiger charge is -2.11. The second kappa shape index (κ2) is 6.15. The maximum atomic E-state index is 10.9. The number of aromatic nitrogens is 2. The molecule has 2 N–H and O–H groups in total. The van der Waals surface area contributed by atoms with Crippen molar-refractivity contribution in [2.24, 2.45) is 0 Å². The molecule has 6 nitrogen and oxygen atoms in total. The lowest BCUT2D eigenvalue weighted by Crippen LogP contribution is -2.18. The van der Waals surface area contributed by atoms with E-state index in [9.17, 15) is 4.79 Å². The van der Waals surface area contributed by atoms with Crippen molar-refractivity contribution < 1.29 is 9.90 Å². The van der Waals surface area contributed by atoms with E-state index in [-0.39, 0.29) is 5.56 Å². The van der Waals surface area contributed by atoms with Gasteiger partial charge in [-0.15, -0.1) is 0 Å². The molecule has 0 amide bonds. The van der Waals surface area contributed by atoms with Crippen LogP contribution in [0.2, 0.25) is 0 Å². The molecule has 1 aromatic heterocycles. The predicted octanol–water partition coefficient (Wildman–Crippen LogP) is 0.847. The van der Waals surface area contributed by atoms with Crippen LogP contribution in [-0.2, 0) is 0 Å². The number of anilines is 1. The minimum atomic E-state index is -1.01. The standard InChI is InChI=1S/C11H18N4O2/c1-8-13-7-9(11(16)17)10(14-8)12-5-4-6-15(2)3/h7H,4-6H2,1-3H3,(H,16,17)(H,12,13,14). The summed E-state index contributed by atoms with van der Waals surface area (Å²) < 4.78 is 0. The van der Waals surface area contributed by atoms with Gasteiger partial charge in [0.15, 0.2) is 0 Å². The molecule has 0 aliphatic carbocycles. The molecule has 1 rings (SSSR count). The third-order valence-electron chi connectivity index (χ3n) is 2.21. The summed E-state index contributed by atoms with van der Waals surface area (Å²) in [4.78, 5) is 21.0. The van der Waals surface area contributed by atoms with E-state index in [1.807, 2.05) is 14.1 Å². The van der Waals surface area contributed by atoms with Crippen molar-refractivity contribution in [3.8, 4) is 0 Å². The van der Waals surface area contributed by atoms with Crippen LogP contribution in [-0.4, -0.2) is 53.1 Å². The molecule has 0 spiro atoms. The first-order valence-electron chi connectivity index (χ1n) is 5.46. The van der Waals surface area contributed by atoms with Gasteiger partial charge in [-0.25, -0.2) is 14.8 Å². The third-order valence-corrected chi connectivity index (χ3v) is 2.21. The van der Waals surface area contributed by atoms with Crippen molar-refractivity contribution in [2.75, 3.05) is 32.5 Å². The number of carbonyl (C=O) groups is 1. The molecule has 0 aromatic carbocycles. The van der Waals surface area contributed by atoms with Crippen molar-refractivity contribution in [1.29, 1.82) is 0 Å². The summed E-state index contributed by atoms with van der Waals surface area (Å²) in [5.74, 6) is -0.0611. The molecule has 0 bridgehead atoms. The smallest absolute Gasteiger partial charge is 0.341 e. The summed E-state index contributed by atoms with van der Waals surface area (Å²) >= 11 is 0. The zero-order chi connectivity index (χ0) is 12.8. The Balaban J connectivity index is 2.62. The molecule has 0 aliphatic rings. The number of hydrogen-bond donors (Lipinski definition) is 2. The minimum Gasteiger partial charge on any atom is -0.477 e. The highest BCUT2D eigenvalue weighted by atomic mass is 16.4. The molecule has 0 atom stereocenters. The van der Waals surface area contributed by atoms with Gasteiger partial charge in [0.25, 0.3) is 0 Å². The van der Waals surface area contributed by atoms with Gasteiger partial charge in [-0.3, -0.25) is 0 Å². The molecular formula is C11H18N4O2. The maximum Gasteiger partial charge on any atom is 0.341 e. The number of aromatic carboxylic acids is 1. The van der Waals surface area contributed by atoms with Crippen molar-refractivity contribution in [2.45, 2.75) is 13.3 Å². The van der Waals surface area contributed by atoms with Crippen LogP contribution in [0.1, 0.15) is 22.6 Å². The summed E-state index contributed by atoms with van der Waals surface area (Å²) in [6, 6.07) is 0. The normalized spacial score (nSPS) is 10.6. The summed E-state index contributed by atoms with van der Waals surface area (Å²) in [5, 5.41) is 12.0. The van der Waals surface area contributed by atoms with Crippen LogP contribution in [0.25, 0.3) is 0 Å². The Kier molecular flexibility index (Phi) is 4.84. The highest BCUT2D eigenvalue weighted by molar-refractivity contribution is 5.92. The highest BCUT2D eigenvalue weighted by Gasteiger charge is 2.11. The Morgan fingerprint density at radius 1 is 1.53 bits per heavy atom. The first-order chi connectivity index (χ1) is 8.00. The number of carboxylic acid groups (broad SMARTS) is 1. The van der Waals surface area contributed by atoms with E-state index in [0.29, 0.717) is 18.2 Å². The van der Waals surface area contributed by atoms with Gasteiger partial charge < -0.3 is 15.3 Å². The molecule has 0 unspecified atom stereocenters. The number of carboxylic acids is 1. The number of rotatable bonds is 6. The molecule has 0 saturated heterocycles. The van der Waals surface area contributed by atoms with Gasteiger partial charge in [0.1, 0.15) is 17.2 Å². The average Bonchev–Trinajstić information content (AvgIpc) is 2.23. The molecule has 17 heavy (non-hydrogen) atoms. The Morgan fingerprint density at radius 2 is 2.24 bits per heavy atom. The van der Waals surface area contributed by atoms with E-state index in [0.717, 1.165) is 13.0 Å².